The first-order valence-electron chi connectivity index (χ1n) is 13.8. The number of nitro benzene ring substituents is 1. The maximum absolute atomic E-state index is 12.9. The van der Waals surface area contributed by atoms with Crippen LogP contribution in [0.5, 0.6) is 0 Å². The number of sulfone groups is 1. The van der Waals surface area contributed by atoms with Crippen molar-refractivity contribution in [3.8, 4) is 0 Å². The van der Waals surface area contributed by atoms with E-state index >= 15 is 0 Å². The van der Waals surface area contributed by atoms with Crippen LogP contribution >= 0.6 is 0 Å². The van der Waals surface area contributed by atoms with Gasteiger partial charge in [-0.3, -0.25) is 14.9 Å². The van der Waals surface area contributed by atoms with E-state index in [0.29, 0.717) is 17.9 Å². The summed E-state index contributed by atoms with van der Waals surface area (Å²) in [5, 5.41) is 13.6. The molecule has 9 heteroatoms. The summed E-state index contributed by atoms with van der Waals surface area (Å²) in [4.78, 5) is 23.1. The number of rotatable bonds is 7. The number of non-ortho nitro benzene ring substituents is 1. The van der Waals surface area contributed by atoms with Gasteiger partial charge in [0.15, 0.2) is 5.76 Å². The van der Waals surface area contributed by atoms with Gasteiger partial charge >= 0.3 is 0 Å². The molecule has 1 aromatic heterocycles. The van der Waals surface area contributed by atoms with E-state index in [4.69, 9.17) is 4.42 Å². The molecule has 1 amide bonds. The van der Waals surface area contributed by atoms with E-state index in [2.05, 4.69) is 52.1 Å². The topological polar surface area (TPSA) is 120 Å². The zero-order valence-electron chi connectivity index (χ0n) is 24.4. The summed E-state index contributed by atoms with van der Waals surface area (Å²) in [6.45, 7) is 11.3. The minimum absolute atomic E-state index is 0.00150. The van der Waals surface area contributed by atoms with Crippen molar-refractivity contribution >= 4 is 27.1 Å². The van der Waals surface area contributed by atoms with Crippen LogP contribution < -0.4 is 5.32 Å². The molecule has 4 aromatic rings. The molecule has 42 heavy (non-hydrogen) atoms. The summed E-state index contributed by atoms with van der Waals surface area (Å²) in [5.41, 5.74) is 5.59. The van der Waals surface area contributed by atoms with Crippen molar-refractivity contribution in [3.05, 3.63) is 117 Å². The zero-order valence-corrected chi connectivity index (χ0v) is 25.2. The molecule has 0 unspecified atom stereocenters. The Morgan fingerprint density at radius 1 is 0.881 bits per heavy atom. The molecule has 0 radical (unpaired) electrons. The molecular weight excluding hydrogens is 552 g/mol. The van der Waals surface area contributed by atoms with Gasteiger partial charge in [0, 0.05) is 24.2 Å². The third-order valence-electron chi connectivity index (χ3n) is 8.34. The maximum atomic E-state index is 12.9. The Kier molecular flexibility index (Phi) is 7.35. The van der Waals surface area contributed by atoms with Gasteiger partial charge in [-0.25, -0.2) is 8.42 Å². The van der Waals surface area contributed by atoms with Crippen LogP contribution in [-0.2, 0) is 27.1 Å². The number of hydrogen-bond acceptors (Lipinski definition) is 6. The second-order valence-electron chi connectivity index (χ2n) is 12.3. The summed E-state index contributed by atoms with van der Waals surface area (Å²) >= 11 is 0. The van der Waals surface area contributed by atoms with E-state index in [0.717, 1.165) is 25.0 Å². The van der Waals surface area contributed by atoms with Gasteiger partial charge in [-0.05, 0) is 101 Å². The van der Waals surface area contributed by atoms with Crippen molar-refractivity contribution in [3.63, 3.8) is 0 Å². The quantitative estimate of drug-likeness (QED) is 0.177. The first-order chi connectivity index (χ1) is 19.7. The number of carbonyl (C=O) groups excluding carboxylic acids is 1. The lowest BCUT2D eigenvalue weighted by Crippen LogP contribution is -2.34. The predicted octanol–water partition coefficient (Wildman–Crippen LogP) is 7.52. The van der Waals surface area contributed by atoms with Crippen molar-refractivity contribution < 1.29 is 22.6 Å². The van der Waals surface area contributed by atoms with E-state index in [1.165, 1.54) is 58.7 Å². The molecule has 0 fully saturated rings. The van der Waals surface area contributed by atoms with Gasteiger partial charge in [0.25, 0.3) is 11.6 Å². The number of amides is 1. The molecule has 0 saturated heterocycles. The van der Waals surface area contributed by atoms with Crippen LogP contribution in [0.15, 0.2) is 87.0 Å². The lowest BCUT2D eigenvalue weighted by molar-refractivity contribution is -0.384. The summed E-state index contributed by atoms with van der Waals surface area (Å²) < 4.78 is 31.8. The smallest absolute Gasteiger partial charge is 0.291 e. The van der Waals surface area contributed by atoms with E-state index in [1.807, 2.05) is 6.07 Å². The van der Waals surface area contributed by atoms with Gasteiger partial charge in [-0.15, -0.1) is 0 Å². The molecule has 218 valence electrons. The third kappa shape index (κ3) is 5.61. The predicted molar refractivity (Wildman–Crippen MR) is 161 cm³/mol. The zero-order chi connectivity index (χ0) is 30.4. The molecule has 0 spiro atoms. The molecule has 0 aliphatic heterocycles. The number of nitro groups is 1. The molecule has 0 atom stereocenters. The molecule has 0 bridgehead atoms. The van der Waals surface area contributed by atoms with Crippen LogP contribution in [0.3, 0.4) is 0 Å². The fraction of sp³-hybridized carbons (Fsp3) is 0.303. The maximum Gasteiger partial charge on any atom is 0.291 e. The first-order valence-corrected chi connectivity index (χ1v) is 15.3. The van der Waals surface area contributed by atoms with Crippen LogP contribution in [0, 0.1) is 17.0 Å². The van der Waals surface area contributed by atoms with Gasteiger partial charge < -0.3 is 9.73 Å². The normalized spacial score (nSPS) is 15.5. The monoisotopic (exact) mass is 586 g/mol. The average Bonchev–Trinajstić information content (AvgIpc) is 3.41. The number of furan rings is 1. The Labute approximate surface area is 245 Å². The minimum atomic E-state index is -3.88. The summed E-state index contributed by atoms with van der Waals surface area (Å²) in [5.74, 6) is 0.391. The van der Waals surface area contributed by atoms with Crippen molar-refractivity contribution in [1.82, 2.24) is 0 Å². The van der Waals surface area contributed by atoms with Crippen molar-refractivity contribution in [2.45, 2.75) is 74.5 Å². The number of hydrogen-bond donors (Lipinski definition) is 1. The lowest BCUT2D eigenvalue weighted by atomic mass is 9.62. The lowest BCUT2D eigenvalue weighted by Gasteiger charge is -2.42. The SMILES string of the molecule is Cc1cc2c(cc1Cc1ccc(C(=O)Nc3ccc(S(=O)(=O)c4ccc([N+](=O)[O-])cc4)cc3)o1)C(C)(C)CCC2(C)C. The number of nitrogens with one attached hydrogen (secondary N) is 1. The van der Waals surface area contributed by atoms with E-state index in [-0.39, 0.29) is 32.1 Å². The standard InChI is InChI=1S/C33H34N2O6S/c1-21-18-28-29(33(4,5)17-16-32(28,2)3)20-22(21)19-25-10-15-30(41-25)31(36)34-23-6-11-26(12-7-23)42(39,40)27-13-8-24(9-14-27)35(37)38/h6-15,18,20H,16-17,19H2,1-5H3,(H,34,36). The van der Waals surface area contributed by atoms with Gasteiger partial charge in [0.2, 0.25) is 9.84 Å². The van der Waals surface area contributed by atoms with Crippen LogP contribution in [0.1, 0.15) is 79.1 Å². The molecule has 1 aliphatic rings. The van der Waals surface area contributed by atoms with Crippen LogP contribution in [0.25, 0.3) is 0 Å². The van der Waals surface area contributed by atoms with Crippen molar-refractivity contribution in [1.29, 1.82) is 0 Å². The molecule has 8 nitrogen and oxygen atoms in total. The second-order valence-corrected chi connectivity index (χ2v) is 14.2. The number of fused-ring (bicyclic) bond motifs is 1. The highest BCUT2D eigenvalue weighted by Gasteiger charge is 2.37. The molecule has 1 heterocycles. The van der Waals surface area contributed by atoms with Crippen LogP contribution in [-0.4, -0.2) is 19.2 Å². The molecule has 0 saturated carbocycles. The largest absolute Gasteiger partial charge is 0.456 e. The van der Waals surface area contributed by atoms with Crippen LogP contribution in [0.4, 0.5) is 11.4 Å². The van der Waals surface area contributed by atoms with Gasteiger partial charge in [0.05, 0.1) is 14.7 Å². The summed E-state index contributed by atoms with van der Waals surface area (Å²) in [7, 11) is -3.88. The molecule has 1 N–H and O–H groups in total. The molecular formula is C33H34N2O6S. The summed E-state index contributed by atoms with van der Waals surface area (Å²) in [6, 6.07) is 18.5. The average molecular weight is 587 g/mol. The molecule has 3 aromatic carbocycles. The number of nitrogens with zero attached hydrogens (tertiary/aromatic N) is 1. The first kappa shape index (κ1) is 29.3. The highest BCUT2D eigenvalue weighted by Crippen LogP contribution is 2.46. The molecule has 1 aliphatic carbocycles. The van der Waals surface area contributed by atoms with Gasteiger partial charge in [-0.2, -0.15) is 0 Å². The number of carbonyl (C=O) groups is 1. The highest BCUT2D eigenvalue weighted by atomic mass is 32.2. The van der Waals surface area contributed by atoms with Gasteiger partial charge in [0.1, 0.15) is 5.76 Å². The van der Waals surface area contributed by atoms with E-state index in [9.17, 15) is 23.3 Å². The summed E-state index contributed by atoms with van der Waals surface area (Å²) in [6.07, 6.45) is 2.85. The minimum Gasteiger partial charge on any atom is -0.456 e. The number of anilines is 1. The molecule has 5 rings (SSSR count). The second kappa shape index (κ2) is 10.5. The highest BCUT2D eigenvalue weighted by molar-refractivity contribution is 7.91. The fourth-order valence-electron chi connectivity index (χ4n) is 5.53. The fourth-order valence-corrected chi connectivity index (χ4v) is 6.79. The van der Waals surface area contributed by atoms with E-state index < -0.39 is 20.7 Å². The number of benzene rings is 3. The Morgan fingerprint density at radius 2 is 1.43 bits per heavy atom. The van der Waals surface area contributed by atoms with Crippen molar-refractivity contribution in [2.75, 3.05) is 5.32 Å². The Morgan fingerprint density at radius 3 is 2.00 bits per heavy atom. The Balaban J connectivity index is 1.29. The van der Waals surface area contributed by atoms with Gasteiger partial charge in [-0.1, -0.05) is 39.8 Å². The Bertz CT molecular complexity index is 1780. The van der Waals surface area contributed by atoms with Crippen molar-refractivity contribution in [2.24, 2.45) is 0 Å². The van der Waals surface area contributed by atoms with Crippen LogP contribution in [0.2, 0.25) is 0 Å². The van der Waals surface area contributed by atoms with E-state index in [1.54, 1.807) is 6.07 Å². The Hall–Kier alpha value is -4.24. The number of aryl methyl sites for hydroxylation is 1. The third-order valence-corrected chi connectivity index (χ3v) is 10.1.